The summed E-state index contributed by atoms with van der Waals surface area (Å²) in [6, 6.07) is 10.2. The summed E-state index contributed by atoms with van der Waals surface area (Å²) < 4.78 is 34.6. The van der Waals surface area contributed by atoms with E-state index in [4.69, 9.17) is 16.0 Å². The number of aryl methyl sites for hydroxylation is 1. The first-order valence-electron chi connectivity index (χ1n) is 9.28. The van der Waals surface area contributed by atoms with Gasteiger partial charge in [-0.1, -0.05) is 29.8 Å². The Hall–Kier alpha value is -2.97. The fourth-order valence-corrected chi connectivity index (χ4v) is 5.96. The molecule has 30 heavy (non-hydrogen) atoms. The smallest absolute Gasteiger partial charge is 0.407 e. The number of fused-ring (bicyclic) bond motifs is 4. The minimum Gasteiger partial charge on any atom is -0.465 e. The van der Waals surface area contributed by atoms with Crippen molar-refractivity contribution < 1.29 is 22.7 Å². The lowest BCUT2D eigenvalue weighted by atomic mass is 10.1. The number of rotatable bonds is 2. The average molecular weight is 445 g/mol. The third kappa shape index (κ3) is 2.71. The first-order chi connectivity index (χ1) is 14.3. The normalized spacial score (nSPS) is 14.4. The van der Waals surface area contributed by atoms with Crippen LogP contribution in [-0.2, 0) is 29.9 Å². The quantitative estimate of drug-likeness (QED) is 0.493. The fraction of sp³-hybridized carbons (Fsp3) is 0.190. The van der Waals surface area contributed by atoms with Gasteiger partial charge in [0.05, 0.1) is 21.4 Å². The highest BCUT2D eigenvalue weighted by Crippen LogP contribution is 2.38. The molecule has 0 atom stereocenters. The largest absolute Gasteiger partial charge is 0.465 e. The van der Waals surface area contributed by atoms with E-state index < -0.39 is 15.9 Å². The first-order valence-corrected chi connectivity index (χ1v) is 11.1. The molecule has 0 unspecified atom stereocenters. The number of hydrogen-bond donors (Lipinski definition) is 1. The molecule has 0 bridgehead atoms. The molecule has 1 aliphatic heterocycles. The molecule has 7 nitrogen and oxygen atoms in total. The van der Waals surface area contributed by atoms with Crippen molar-refractivity contribution in [2.24, 2.45) is 7.05 Å². The van der Waals surface area contributed by atoms with Gasteiger partial charge >= 0.3 is 6.09 Å². The van der Waals surface area contributed by atoms with Crippen LogP contribution in [0.15, 0.2) is 56.8 Å². The summed E-state index contributed by atoms with van der Waals surface area (Å²) in [5, 5.41) is 10.7. The molecule has 0 spiro atoms. The first kappa shape index (κ1) is 19.0. The Morgan fingerprint density at radius 2 is 1.97 bits per heavy atom. The van der Waals surface area contributed by atoms with Crippen molar-refractivity contribution in [3.05, 3.63) is 58.9 Å². The number of furan rings is 1. The number of carboxylic acid groups (broad SMARTS) is 1. The zero-order valence-corrected chi connectivity index (χ0v) is 17.5. The molecule has 0 saturated carbocycles. The number of sulfone groups is 1. The predicted octanol–water partition coefficient (Wildman–Crippen LogP) is 4.45. The Labute approximate surface area is 177 Å². The molecule has 9 heteroatoms. The van der Waals surface area contributed by atoms with Crippen LogP contribution in [0.2, 0.25) is 5.02 Å². The molecule has 0 saturated heterocycles. The van der Waals surface area contributed by atoms with Gasteiger partial charge < -0.3 is 19.0 Å². The number of carbonyl (C=O) groups is 1. The molecule has 3 heterocycles. The SMILES string of the molecule is Cn1cc(S(=O)(=O)c2cc(Cl)c3oc4c(c3c2)CN(C(=O)O)CC4)c2ccccc21. The van der Waals surface area contributed by atoms with Gasteiger partial charge in [-0.2, -0.15) is 0 Å². The van der Waals surface area contributed by atoms with Gasteiger partial charge in [-0.25, -0.2) is 13.2 Å². The van der Waals surface area contributed by atoms with E-state index in [1.165, 1.54) is 17.0 Å². The zero-order valence-electron chi connectivity index (χ0n) is 15.9. The van der Waals surface area contributed by atoms with Gasteiger partial charge in [0.2, 0.25) is 9.84 Å². The van der Waals surface area contributed by atoms with E-state index in [9.17, 15) is 18.3 Å². The molecule has 4 aromatic rings. The molecule has 2 aromatic carbocycles. The maximum absolute atomic E-state index is 13.5. The van der Waals surface area contributed by atoms with Gasteiger partial charge in [-0.05, 0) is 18.2 Å². The van der Waals surface area contributed by atoms with Crippen molar-refractivity contribution in [1.82, 2.24) is 9.47 Å². The van der Waals surface area contributed by atoms with Gasteiger partial charge in [0.25, 0.3) is 0 Å². The Kier molecular flexibility index (Phi) is 4.13. The van der Waals surface area contributed by atoms with Gasteiger partial charge in [0.15, 0.2) is 5.58 Å². The number of amides is 1. The maximum Gasteiger partial charge on any atom is 0.407 e. The van der Waals surface area contributed by atoms with Gasteiger partial charge in [0, 0.05) is 48.1 Å². The number of para-hydroxylation sites is 1. The topological polar surface area (TPSA) is 92.8 Å². The summed E-state index contributed by atoms with van der Waals surface area (Å²) in [6.45, 7) is 0.451. The van der Waals surface area contributed by atoms with E-state index >= 15 is 0 Å². The van der Waals surface area contributed by atoms with Crippen LogP contribution >= 0.6 is 11.6 Å². The molecule has 1 N–H and O–H groups in total. The van der Waals surface area contributed by atoms with Crippen LogP contribution < -0.4 is 0 Å². The summed E-state index contributed by atoms with van der Waals surface area (Å²) in [5.74, 6) is 0.643. The average Bonchev–Trinajstić information content (AvgIpc) is 3.26. The number of halogens is 1. The van der Waals surface area contributed by atoms with E-state index in [1.54, 1.807) is 29.9 Å². The third-order valence-electron chi connectivity index (χ3n) is 5.59. The van der Waals surface area contributed by atoms with Crippen molar-refractivity contribution in [3.8, 4) is 0 Å². The van der Waals surface area contributed by atoms with E-state index in [-0.39, 0.29) is 21.4 Å². The molecule has 2 aromatic heterocycles. The standard InChI is InChI=1S/C21H17ClN2O5S/c1-23-11-19(13-4-2-3-5-17(13)23)30(27,28)12-8-14-15-10-24(21(25)26)7-6-18(15)29-20(14)16(22)9-12/h2-5,8-9,11H,6-7,10H2,1H3,(H,25,26). The van der Waals surface area contributed by atoms with Crippen LogP contribution in [0, 0.1) is 0 Å². The Balaban J connectivity index is 1.71. The van der Waals surface area contributed by atoms with Gasteiger partial charge in [-0.15, -0.1) is 0 Å². The highest BCUT2D eigenvalue weighted by molar-refractivity contribution is 7.91. The number of benzene rings is 2. The Morgan fingerprint density at radius 1 is 1.20 bits per heavy atom. The van der Waals surface area contributed by atoms with Crippen molar-refractivity contribution in [2.45, 2.75) is 22.8 Å². The second-order valence-electron chi connectivity index (χ2n) is 7.36. The second kappa shape index (κ2) is 6.52. The molecule has 0 radical (unpaired) electrons. The van der Waals surface area contributed by atoms with Crippen LogP contribution in [0.25, 0.3) is 21.9 Å². The maximum atomic E-state index is 13.5. The van der Waals surface area contributed by atoms with Crippen LogP contribution in [-0.4, -0.2) is 35.6 Å². The molecule has 0 fully saturated rings. The number of nitrogens with zero attached hydrogens (tertiary/aromatic N) is 2. The summed E-state index contributed by atoms with van der Waals surface area (Å²) >= 11 is 6.40. The highest BCUT2D eigenvalue weighted by atomic mass is 35.5. The summed E-state index contributed by atoms with van der Waals surface area (Å²) in [7, 11) is -2.07. The van der Waals surface area contributed by atoms with Crippen molar-refractivity contribution >= 4 is 49.4 Å². The summed E-state index contributed by atoms with van der Waals surface area (Å²) in [5.41, 5.74) is 1.85. The van der Waals surface area contributed by atoms with Crippen molar-refractivity contribution in [3.63, 3.8) is 0 Å². The molecular formula is C21H17ClN2O5S. The highest BCUT2D eigenvalue weighted by Gasteiger charge is 2.29. The van der Waals surface area contributed by atoms with E-state index in [2.05, 4.69) is 0 Å². The van der Waals surface area contributed by atoms with Crippen LogP contribution in [0.3, 0.4) is 0 Å². The molecule has 1 amide bonds. The fourth-order valence-electron chi connectivity index (χ4n) is 4.08. The molecule has 5 rings (SSSR count). The van der Waals surface area contributed by atoms with E-state index in [0.29, 0.717) is 40.6 Å². The summed E-state index contributed by atoms with van der Waals surface area (Å²) in [6.07, 6.45) is 0.980. The minimum absolute atomic E-state index is 0.0485. The Bertz CT molecular complexity index is 1450. The lowest BCUT2D eigenvalue weighted by molar-refractivity contribution is 0.138. The van der Waals surface area contributed by atoms with Crippen LogP contribution in [0.5, 0.6) is 0 Å². The predicted molar refractivity (Wildman–Crippen MR) is 112 cm³/mol. The van der Waals surface area contributed by atoms with Gasteiger partial charge in [0.1, 0.15) is 5.76 Å². The zero-order chi connectivity index (χ0) is 21.2. The lowest BCUT2D eigenvalue weighted by Crippen LogP contribution is -2.34. The number of aromatic nitrogens is 1. The Morgan fingerprint density at radius 3 is 2.73 bits per heavy atom. The second-order valence-corrected chi connectivity index (χ2v) is 9.69. The summed E-state index contributed by atoms with van der Waals surface area (Å²) in [4.78, 5) is 12.9. The van der Waals surface area contributed by atoms with Crippen molar-refractivity contribution in [1.29, 1.82) is 0 Å². The van der Waals surface area contributed by atoms with Crippen LogP contribution in [0.1, 0.15) is 11.3 Å². The molecule has 0 aliphatic carbocycles. The van der Waals surface area contributed by atoms with E-state index in [1.807, 2.05) is 12.1 Å². The molecule has 154 valence electrons. The number of hydrogen-bond acceptors (Lipinski definition) is 4. The lowest BCUT2D eigenvalue weighted by Gasteiger charge is -2.23. The van der Waals surface area contributed by atoms with Gasteiger partial charge in [-0.3, -0.25) is 0 Å². The minimum atomic E-state index is -3.87. The van der Waals surface area contributed by atoms with E-state index in [0.717, 1.165) is 5.52 Å². The van der Waals surface area contributed by atoms with Crippen LogP contribution in [0.4, 0.5) is 4.79 Å². The molecule has 1 aliphatic rings. The monoisotopic (exact) mass is 444 g/mol. The van der Waals surface area contributed by atoms with Crippen molar-refractivity contribution in [2.75, 3.05) is 6.54 Å². The third-order valence-corrected chi connectivity index (χ3v) is 7.63. The molecular weight excluding hydrogens is 428 g/mol.